The van der Waals surface area contributed by atoms with Gasteiger partial charge in [0.2, 0.25) is 11.8 Å². The minimum Gasteiger partial charge on any atom is -0.394 e. The van der Waals surface area contributed by atoms with Crippen LogP contribution in [0.2, 0.25) is 0 Å². The zero-order valence-electron chi connectivity index (χ0n) is 49.8. The standard InChI is InChI=1S/C52H88N2O37/c1-11-23(61)31(69)34(72)48(78-11)90-43-32(70)27(65)17(7-55)83-51(43)85-39-22(54-16(6)60)47(82-20(10-58)30(39)68)88-41-25(63)13(3)79-49(36(41)74)89-42-26(64)14(4)80-50(37(42)75)91-44-33(71)28(66)18(8-56)84-52(44)86-38-21(53-15(5)59)46(81-19(9-57)29(38)67)87-40-24(62)12(2)77-45(76)35(40)73/h11-14,17-52,55-58,61-76H,7-10H2,1-6H3,(H,53,59)(H,54,60)/t11-,12-,13-,14-,17+,18+,19+,20+,21+,22+,23-,24-,25-,26-,27-,28-,29+,30+,31+,32-,33-,34+,35+,36+,37+,38+,39+,40+,41+,42+,43+,44+,45?,46+,47+,48-,49-,50-,51+,52+/m0/s1. The maximum absolute atomic E-state index is 13.0. The van der Waals surface area contributed by atoms with Crippen LogP contribution in [-0.4, -0.2) is 386 Å². The van der Waals surface area contributed by atoms with E-state index in [0.29, 0.717) is 0 Å². The van der Waals surface area contributed by atoms with Crippen molar-refractivity contribution in [2.75, 3.05) is 26.4 Å². The molecule has 0 aromatic carbocycles. The molecule has 8 rings (SSSR count). The predicted octanol–water partition coefficient (Wildman–Crippen LogP) is -14.1. The molecule has 22 N–H and O–H groups in total. The van der Waals surface area contributed by atoms with Gasteiger partial charge in [0.05, 0.1) is 50.8 Å². The van der Waals surface area contributed by atoms with Crippen molar-refractivity contribution < 1.29 is 183 Å². The van der Waals surface area contributed by atoms with Gasteiger partial charge in [-0.05, 0) is 27.7 Å². The fraction of sp³-hybridized carbons (Fsp3) is 0.962. The molecule has 0 aromatic heterocycles. The summed E-state index contributed by atoms with van der Waals surface area (Å²) in [6.07, 6.45) is -70.8. The summed E-state index contributed by atoms with van der Waals surface area (Å²) in [5, 5.41) is 225. The minimum atomic E-state index is -2.24. The number of amides is 2. The van der Waals surface area contributed by atoms with Crippen LogP contribution >= 0.6 is 0 Å². The third-order valence-corrected chi connectivity index (χ3v) is 17.3. The molecule has 8 heterocycles. The molecular formula is C52H88N2O37. The number of nitrogens with one attached hydrogen (secondary N) is 2. The summed E-state index contributed by atoms with van der Waals surface area (Å²) >= 11 is 0. The molecule has 1 unspecified atom stereocenters. The number of carbonyl (C=O) groups excluding carboxylic acids is 2. The van der Waals surface area contributed by atoms with Crippen LogP contribution < -0.4 is 10.6 Å². The smallest absolute Gasteiger partial charge is 0.217 e. The highest BCUT2D eigenvalue weighted by molar-refractivity contribution is 5.73. The highest BCUT2D eigenvalue weighted by Crippen LogP contribution is 2.39. The van der Waals surface area contributed by atoms with E-state index in [1.54, 1.807) is 0 Å². The van der Waals surface area contributed by atoms with E-state index in [-0.39, 0.29) is 0 Å². The van der Waals surface area contributed by atoms with Gasteiger partial charge in [0.15, 0.2) is 50.3 Å². The molecule has 0 spiro atoms. The average molecular weight is 1330 g/mol. The topological polar surface area (TPSA) is 601 Å². The Labute approximate surface area is 517 Å². The lowest BCUT2D eigenvalue weighted by Gasteiger charge is -2.51. The molecule has 39 heteroatoms. The lowest BCUT2D eigenvalue weighted by molar-refractivity contribution is -0.398. The molecule has 2 amide bonds. The first-order valence-electron chi connectivity index (χ1n) is 29.6. The van der Waals surface area contributed by atoms with E-state index in [1.807, 2.05) is 0 Å². The lowest BCUT2D eigenvalue weighted by Crippen LogP contribution is -2.70. The van der Waals surface area contributed by atoms with Gasteiger partial charge < -0.3 is 184 Å². The molecule has 0 bridgehead atoms. The molecule has 0 saturated carbocycles. The van der Waals surface area contributed by atoms with Gasteiger partial charge in [-0.25, -0.2) is 0 Å². The Morgan fingerprint density at radius 1 is 0.286 bits per heavy atom. The van der Waals surface area contributed by atoms with Crippen molar-refractivity contribution in [3.05, 3.63) is 0 Å². The van der Waals surface area contributed by atoms with Crippen molar-refractivity contribution >= 4 is 11.8 Å². The number of carbonyl (C=O) groups is 2. The quantitative estimate of drug-likeness (QED) is 0.0538. The van der Waals surface area contributed by atoms with Gasteiger partial charge in [-0.1, -0.05) is 0 Å². The minimum absolute atomic E-state index is 0.825. The van der Waals surface area contributed by atoms with Crippen molar-refractivity contribution in [2.45, 2.75) is 287 Å². The van der Waals surface area contributed by atoms with E-state index in [9.17, 15) is 112 Å². The first-order chi connectivity index (χ1) is 42.9. The number of rotatable bonds is 20. The number of aliphatic hydroxyl groups is 20. The van der Waals surface area contributed by atoms with E-state index < -0.39 is 284 Å². The Morgan fingerprint density at radius 2 is 0.571 bits per heavy atom. The van der Waals surface area contributed by atoms with Crippen LogP contribution in [0.3, 0.4) is 0 Å². The van der Waals surface area contributed by atoms with Crippen molar-refractivity contribution in [3.63, 3.8) is 0 Å². The van der Waals surface area contributed by atoms with Gasteiger partial charge in [0.1, 0.15) is 171 Å². The Hall–Kier alpha value is -2.46. The second-order valence-electron chi connectivity index (χ2n) is 23.8. The van der Waals surface area contributed by atoms with Gasteiger partial charge in [-0.15, -0.1) is 0 Å². The van der Waals surface area contributed by atoms with Crippen molar-refractivity contribution in [2.24, 2.45) is 0 Å². The van der Waals surface area contributed by atoms with Crippen LogP contribution in [0.4, 0.5) is 0 Å². The normalized spacial score (nSPS) is 52.5. The predicted molar refractivity (Wildman–Crippen MR) is 282 cm³/mol. The van der Waals surface area contributed by atoms with E-state index in [0.717, 1.165) is 13.8 Å². The lowest BCUT2D eigenvalue weighted by atomic mass is 9.94. The summed E-state index contributed by atoms with van der Waals surface area (Å²) in [4.78, 5) is 25.7. The van der Waals surface area contributed by atoms with Crippen molar-refractivity contribution in [1.82, 2.24) is 10.6 Å². The number of ether oxygens (including phenoxy) is 15. The molecule has 8 aliphatic rings. The Morgan fingerprint density at radius 3 is 0.934 bits per heavy atom. The molecule has 8 saturated heterocycles. The molecule has 0 radical (unpaired) electrons. The molecule has 40 atom stereocenters. The van der Waals surface area contributed by atoms with Crippen LogP contribution in [-0.2, 0) is 80.6 Å². The second-order valence-corrected chi connectivity index (χ2v) is 23.8. The first kappa shape index (κ1) is 74.3. The van der Waals surface area contributed by atoms with Crippen LogP contribution in [0.1, 0.15) is 41.5 Å². The molecule has 91 heavy (non-hydrogen) atoms. The van der Waals surface area contributed by atoms with Crippen LogP contribution in [0.15, 0.2) is 0 Å². The molecule has 39 nitrogen and oxygen atoms in total. The Balaban J connectivity index is 1.02. The summed E-state index contributed by atoms with van der Waals surface area (Å²) in [6.45, 7) is 3.22. The zero-order valence-corrected chi connectivity index (χ0v) is 49.8. The fourth-order valence-electron chi connectivity index (χ4n) is 12.0. The van der Waals surface area contributed by atoms with Gasteiger partial charge in [0, 0.05) is 13.8 Å². The Kier molecular flexibility index (Phi) is 25.6. The van der Waals surface area contributed by atoms with Crippen molar-refractivity contribution in [3.8, 4) is 0 Å². The van der Waals surface area contributed by atoms with E-state index in [2.05, 4.69) is 10.6 Å². The Bertz CT molecular complexity index is 2300. The molecule has 528 valence electrons. The zero-order chi connectivity index (χ0) is 67.1. The number of hydrogen-bond donors (Lipinski definition) is 22. The summed E-state index contributed by atoms with van der Waals surface area (Å²) < 4.78 is 87.9. The van der Waals surface area contributed by atoms with Gasteiger partial charge in [0.25, 0.3) is 0 Å². The van der Waals surface area contributed by atoms with Gasteiger partial charge in [-0.3, -0.25) is 9.59 Å². The van der Waals surface area contributed by atoms with Gasteiger partial charge in [-0.2, -0.15) is 0 Å². The monoisotopic (exact) mass is 1330 g/mol. The largest absolute Gasteiger partial charge is 0.394 e. The molecular weight excluding hydrogens is 1240 g/mol. The average Bonchev–Trinajstić information content (AvgIpc) is 0.827. The fourth-order valence-corrected chi connectivity index (χ4v) is 12.0. The summed E-state index contributed by atoms with van der Waals surface area (Å²) in [5.41, 5.74) is 0. The SMILES string of the molecule is CC(=O)N[C@H]1[C@@H](O[C@@H]2[C@@H](O)[C@H](C)O[C@@H](O[C@@H]3[C@@H](O)[C@H](C)O[C@@H](O[C@H]4[C@@H](O[C@H]5[C@H](O)[C@@H](CO)O[C@H](O[C@@H]6[C@@H](O)[C@H](C)OC(O)[C@@H]6O)[C@@H]5NC(C)=O)O[C@H](CO)[C@H](O)[C@@H]4O)[C@@H]3O)[C@@H]2O)O[C@H](CO)[C@@H](O)[C@@H]1O[C@H]1O[C@H](CO)[C@H](O)[C@H](O)[C@H]1O[C@@H]1O[C@@H](C)[C@H](O)[C@@H](O)[C@H]1O. The van der Waals surface area contributed by atoms with E-state index in [1.165, 1.54) is 27.7 Å². The third kappa shape index (κ3) is 15.8. The van der Waals surface area contributed by atoms with E-state index in [4.69, 9.17) is 71.1 Å². The van der Waals surface area contributed by atoms with Crippen LogP contribution in [0.25, 0.3) is 0 Å². The highest BCUT2D eigenvalue weighted by atomic mass is 16.8. The summed E-state index contributed by atoms with van der Waals surface area (Å²) in [6, 6.07) is -3.51. The highest BCUT2D eigenvalue weighted by Gasteiger charge is 2.60. The summed E-state index contributed by atoms with van der Waals surface area (Å²) in [7, 11) is 0. The molecule has 0 aliphatic carbocycles. The van der Waals surface area contributed by atoms with Crippen LogP contribution in [0.5, 0.6) is 0 Å². The number of hydrogen-bond acceptors (Lipinski definition) is 37. The number of aliphatic hydroxyl groups excluding tert-OH is 20. The molecule has 8 fully saturated rings. The maximum Gasteiger partial charge on any atom is 0.217 e. The van der Waals surface area contributed by atoms with E-state index >= 15 is 0 Å². The van der Waals surface area contributed by atoms with Crippen LogP contribution in [0, 0.1) is 0 Å². The summed E-state index contributed by atoms with van der Waals surface area (Å²) in [5.74, 6) is -1.69. The second kappa shape index (κ2) is 31.4. The maximum atomic E-state index is 13.0. The molecule has 8 aliphatic heterocycles. The first-order valence-corrected chi connectivity index (χ1v) is 29.6. The third-order valence-electron chi connectivity index (χ3n) is 17.3. The molecule has 0 aromatic rings. The van der Waals surface area contributed by atoms with Crippen molar-refractivity contribution in [1.29, 1.82) is 0 Å². The van der Waals surface area contributed by atoms with Gasteiger partial charge >= 0.3 is 0 Å².